The standard InChI is InChI=1S/C21H45NO2.ClH/c1-4-5-6-7-8-9-10-11-12-13-14-15-16-17-19-22-20-18-21(23-2)24-3;/h21-22H,4-20H2,1-3H3;1H. The maximum absolute atomic E-state index is 5.19. The van der Waals surface area contributed by atoms with Crippen LogP contribution in [0.3, 0.4) is 0 Å². The molecule has 0 saturated heterocycles. The molecule has 0 aromatic rings. The number of rotatable bonds is 20. The maximum Gasteiger partial charge on any atom is 0.162 e. The number of hydrogen-bond acceptors (Lipinski definition) is 2. The molecule has 4 heteroatoms. The van der Waals surface area contributed by atoms with Gasteiger partial charge in [-0.3, -0.25) is 0 Å². The molecule has 0 fully saturated rings. The molecule has 2 N–H and O–H groups in total. The van der Waals surface area contributed by atoms with Gasteiger partial charge in [-0.15, -0.1) is 0 Å². The van der Waals surface area contributed by atoms with Gasteiger partial charge in [0.05, 0.1) is 13.1 Å². The van der Waals surface area contributed by atoms with Gasteiger partial charge in [-0.25, -0.2) is 0 Å². The smallest absolute Gasteiger partial charge is 0.162 e. The van der Waals surface area contributed by atoms with Gasteiger partial charge in [0.2, 0.25) is 0 Å². The third-order valence-corrected chi connectivity index (χ3v) is 4.89. The first-order valence-electron chi connectivity index (χ1n) is 10.7. The van der Waals surface area contributed by atoms with Crippen LogP contribution in [0.15, 0.2) is 0 Å². The topological polar surface area (TPSA) is 35.1 Å². The van der Waals surface area contributed by atoms with Crippen LogP contribution in [0.25, 0.3) is 0 Å². The van der Waals surface area contributed by atoms with E-state index in [4.69, 9.17) is 9.47 Å². The highest BCUT2D eigenvalue weighted by molar-refractivity contribution is 4.49. The molecular formula is C21H46ClNO2. The number of hydrogen-bond donors (Lipinski definition) is 1. The van der Waals surface area contributed by atoms with Gasteiger partial charge in [0.15, 0.2) is 6.29 Å². The van der Waals surface area contributed by atoms with Crippen LogP contribution in [0.1, 0.15) is 103 Å². The van der Waals surface area contributed by atoms with E-state index >= 15 is 0 Å². The second-order valence-electron chi connectivity index (χ2n) is 7.15. The number of ether oxygens (including phenoxy) is 2. The average molecular weight is 380 g/mol. The number of halogens is 1. The SMILES string of the molecule is CCCCCCCCCCCCCCCC[NH2+]CCC(OC)OC.[Cl-]. The minimum absolute atomic E-state index is 0. The molecule has 0 bridgehead atoms. The highest BCUT2D eigenvalue weighted by atomic mass is 35.5. The van der Waals surface area contributed by atoms with Crippen LogP contribution in [-0.2, 0) is 9.47 Å². The van der Waals surface area contributed by atoms with E-state index in [-0.39, 0.29) is 18.7 Å². The molecule has 3 nitrogen and oxygen atoms in total. The van der Waals surface area contributed by atoms with Gasteiger partial charge < -0.3 is 27.2 Å². The Kier molecular flexibility index (Phi) is 26.5. The minimum Gasteiger partial charge on any atom is -1.00 e. The Morgan fingerprint density at radius 2 is 1.00 bits per heavy atom. The van der Waals surface area contributed by atoms with E-state index in [1.165, 1.54) is 96.4 Å². The predicted molar refractivity (Wildman–Crippen MR) is 104 cm³/mol. The first-order chi connectivity index (χ1) is 11.8. The molecular weight excluding hydrogens is 334 g/mol. The van der Waals surface area contributed by atoms with E-state index < -0.39 is 0 Å². The van der Waals surface area contributed by atoms with Gasteiger partial charge in [-0.1, -0.05) is 84.0 Å². The summed E-state index contributed by atoms with van der Waals surface area (Å²) >= 11 is 0. The van der Waals surface area contributed by atoms with Crippen LogP contribution in [0, 0.1) is 0 Å². The summed E-state index contributed by atoms with van der Waals surface area (Å²) in [7, 11) is 3.42. The Bertz CT molecular complexity index is 226. The lowest BCUT2D eigenvalue weighted by molar-refractivity contribution is -0.657. The third kappa shape index (κ3) is 22.1. The largest absolute Gasteiger partial charge is 1.00 e. The minimum atomic E-state index is -0.0300. The van der Waals surface area contributed by atoms with Crippen molar-refractivity contribution >= 4 is 0 Å². The summed E-state index contributed by atoms with van der Waals surface area (Å²) in [5.74, 6) is 0. The molecule has 154 valence electrons. The van der Waals surface area contributed by atoms with Crippen LogP contribution in [0.4, 0.5) is 0 Å². The zero-order valence-corrected chi connectivity index (χ0v) is 18.1. The van der Waals surface area contributed by atoms with E-state index in [0.717, 1.165) is 13.0 Å². The summed E-state index contributed by atoms with van der Waals surface area (Å²) in [6.45, 7) is 4.64. The van der Waals surface area contributed by atoms with Crippen molar-refractivity contribution in [3.8, 4) is 0 Å². The highest BCUT2D eigenvalue weighted by Gasteiger charge is 2.04. The van der Waals surface area contributed by atoms with Gasteiger partial charge in [-0.2, -0.15) is 0 Å². The fraction of sp³-hybridized carbons (Fsp3) is 1.00. The molecule has 25 heavy (non-hydrogen) atoms. The zero-order valence-electron chi connectivity index (χ0n) is 17.4. The number of methoxy groups -OCH3 is 2. The van der Waals surface area contributed by atoms with Crippen LogP contribution >= 0.6 is 0 Å². The number of quaternary nitrogens is 1. The van der Waals surface area contributed by atoms with Crippen LogP contribution in [0.2, 0.25) is 0 Å². The molecule has 0 aliphatic carbocycles. The van der Waals surface area contributed by atoms with Crippen LogP contribution < -0.4 is 17.7 Å². The molecule has 0 spiro atoms. The molecule has 0 rings (SSSR count). The first kappa shape index (κ1) is 27.4. The molecule has 0 unspecified atom stereocenters. The molecule has 0 aromatic carbocycles. The molecule has 0 aliphatic rings. The summed E-state index contributed by atoms with van der Waals surface area (Å²) in [6.07, 6.45) is 21.0. The molecule has 0 radical (unpaired) electrons. The van der Waals surface area contributed by atoms with Crippen molar-refractivity contribution in [1.29, 1.82) is 0 Å². The van der Waals surface area contributed by atoms with Gasteiger partial charge >= 0.3 is 0 Å². The Balaban J connectivity index is 0. The Labute approximate surface area is 164 Å². The first-order valence-corrected chi connectivity index (χ1v) is 10.7. The van der Waals surface area contributed by atoms with Gasteiger partial charge in [0, 0.05) is 20.6 Å². The Hall–Kier alpha value is 0.170. The summed E-state index contributed by atoms with van der Waals surface area (Å²) < 4.78 is 10.4. The van der Waals surface area contributed by atoms with Crippen molar-refractivity contribution in [2.24, 2.45) is 0 Å². The van der Waals surface area contributed by atoms with E-state index in [1.54, 1.807) is 14.2 Å². The van der Waals surface area contributed by atoms with E-state index in [1.807, 2.05) is 0 Å². The van der Waals surface area contributed by atoms with Crippen molar-refractivity contribution in [1.82, 2.24) is 0 Å². The zero-order chi connectivity index (χ0) is 17.7. The van der Waals surface area contributed by atoms with Crippen molar-refractivity contribution < 1.29 is 27.2 Å². The van der Waals surface area contributed by atoms with Crippen molar-refractivity contribution in [2.45, 2.75) is 110 Å². The van der Waals surface area contributed by atoms with Crippen molar-refractivity contribution in [2.75, 3.05) is 27.3 Å². The monoisotopic (exact) mass is 379 g/mol. The Morgan fingerprint density at radius 3 is 1.40 bits per heavy atom. The third-order valence-electron chi connectivity index (χ3n) is 4.89. The summed E-state index contributed by atoms with van der Waals surface area (Å²) in [5, 5.41) is 2.39. The molecule has 0 aromatic heterocycles. The lowest BCUT2D eigenvalue weighted by atomic mass is 10.0. The predicted octanol–water partition coefficient (Wildman–Crippen LogP) is 2.04. The molecule has 0 aliphatic heterocycles. The lowest BCUT2D eigenvalue weighted by Gasteiger charge is -2.11. The average Bonchev–Trinajstić information content (AvgIpc) is 2.61. The van der Waals surface area contributed by atoms with E-state index in [0.29, 0.717) is 0 Å². The van der Waals surface area contributed by atoms with Crippen molar-refractivity contribution in [3.05, 3.63) is 0 Å². The van der Waals surface area contributed by atoms with Gasteiger partial charge in [-0.05, 0) is 12.8 Å². The number of nitrogens with two attached hydrogens (primary N) is 1. The number of unbranched alkanes of at least 4 members (excludes halogenated alkanes) is 13. The summed E-state index contributed by atoms with van der Waals surface area (Å²) in [4.78, 5) is 0. The molecule has 0 saturated carbocycles. The van der Waals surface area contributed by atoms with Gasteiger partial charge in [0.25, 0.3) is 0 Å². The molecule has 0 heterocycles. The lowest BCUT2D eigenvalue weighted by Crippen LogP contribution is -3.00. The molecule has 0 amide bonds. The summed E-state index contributed by atoms with van der Waals surface area (Å²) in [5.41, 5.74) is 0. The van der Waals surface area contributed by atoms with Gasteiger partial charge in [0.1, 0.15) is 0 Å². The van der Waals surface area contributed by atoms with Crippen LogP contribution in [-0.4, -0.2) is 33.6 Å². The fourth-order valence-corrected chi connectivity index (χ4v) is 3.21. The molecule has 0 atom stereocenters. The van der Waals surface area contributed by atoms with Crippen molar-refractivity contribution in [3.63, 3.8) is 0 Å². The Morgan fingerprint density at radius 1 is 0.600 bits per heavy atom. The van der Waals surface area contributed by atoms with E-state index in [9.17, 15) is 0 Å². The van der Waals surface area contributed by atoms with Crippen LogP contribution in [0.5, 0.6) is 0 Å². The maximum atomic E-state index is 5.19. The second-order valence-corrected chi connectivity index (χ2v) is 7.15. The second kappa shape index (κ2) is 24.2. The summed E-state index contributed by atoms with van der Waals surface area (Å²) in [6, 6.07) is 0. The fourth-order valence-electron chi connectivity index (χ4n) is 3.21. The van der Waals surface area contributed by atoms with E-state index in [2.05, 4.69) is 12.2 Å². The highest BCUT2D eigenvalue weighted by Crippen LogP contribution is 2.12. The quantitative estimate of drug-likeness (QED) is 0.259. The normalized spacial score (nSPS) is 11.0.